The number of benzene rings is 1. The van der Waals surface area contributed by atoms with Gasteiger partial charge >= 0.3 is 6.03 Å². The van der Waals surface area contributed by atoms with Gasteiger partial charge in [-0.2, -0.15) is 0 Å². The third-order valence-electron chi connectivity index (χ3n) is 3.40. The number of allylic oxidation sites excluding steroid dienone is 1. The summed E-state index contributed by atoms with van der Waals surface area (Å²) in [4.78, 5) is 50.3. The predicted octanol–water partition coefficient (Wildman–Crippen LogP) is 1.90. The fourth-order valence-corrected chi connectivity index (χ4v) is 2.28. The van der Waals surface area contributed by atoms with Gasteiger partial charge in [-0.05, 0) is 32.0 Å². The van der Waals surface area contributed by atoms with E-state index in [4.69, 9.17) is 0 Å². The minimum absolute atomic E-state index is 0.0239. The molecule has 23 heavy (non-hydrogen) atoms. The number of anilines is 1. The molecule has 1 fully saturated rings. The number of hydrogen-bond donors (Lipinski definition) is 0. The number of Topliss-reactive ketones (excluding diaryl/α,β-unsaturated/α-hetero) is 1. The zero-order valence-electron chi connectivity index (χ0n) is 12.7. The van der Waals surface area contributed by atoms with E-state index >= 15 is 0 Å². The number of nitrogens with zero attached hydrogens (tertiary/aromatic N) is 2. The van der Waals surface area contributed by atoms with Crippen LogP contribution in [0.15, 0.2) is 36.4 Å². The van der Waals surface area contributed by atoms with Crippen LogP contribution in [-0.4, -0.2) is 35.1 Å². The maximum absolute atomic E-state index is 13.4. The summed E-state index contributed by atoms with van der Waals surface area (Å²) >= 11 is 0. The van der Waals surface area contributed by atoms with Crippen LogP contribution in [0.1, 0.15) is 13.8 Å². The molecule has 0 aliphatic carbocycles. The number of urea groups is 1. The lowest BCUT2D eigenvalue weighted by atomic mass is 9.98. The molecule has 1 saturated heterocycles. The smallest absolute Gasteiger partial charge is 0.299 e. The van der Waals surface area contributed by atoms with Crippen molar-refractivity contribution < 1.29 is 23.6 Å². The number of imide groups is 2. The average Bonchev–Trinajstić information content (AvgIpc) is 2.46. The van der Waals surface area contributed by atoms with Gasteiger partial charge in [0.05, 0.1) is 5.69 Å². The van der Waals surface area contributed by atoms with Crippen LogP contribution >= 0.6 is 0 Å². The van der Waals surface area contributed by atoms with E-state index < -0.39 is 35.4 Å². The van der Waals surface area contributed by atoms with E-state index in [9.17, 15) is 23.6 Å². The minimum atomic E-state index is -1.60. The van der Waals surface area contributed by atoms with Crippen LogP contribution in [0, 0.1) is 11.7 Å². The molecule has 120 valence electrons. The molecule has 4 amide bonds. The van der Waals surface area contributed by atoms with Gasteiger partial charge in [-0.1, -0.05) is 18.2 Å². The van der Waals surface area contributed by atoms with Gasteiger partial charge in [0.25, 0.3) is 11.8 Å². The number of ketones is 1. The van der Waals surface area contributed by atoms with Gasteiger partial charge in [-0.25, -0.2) is 14.1 Å². The fourth-order valence-electron chi connectivity index (χ4n) is 2.28. The summed E-state index contributed by atoms with van der Waals surface area (Å²) in [5.41, 5.74) is -0.0239. The summed E-state index contributed by atoms with van der Waals surface area (Å²) in [5.74, 6) is -4.73. The second-order valence-electron chi connectivity index (χ2n) is 5.00. The monoisotopic (exact) mass is 318 g/mol. The largest absolute Gasteiger partial charge is 0.338 e. The Bertz CT molecular complexity index is 714. The molecule has 1 heterocycles. The van der Waals surface area contributed by atoms with Gasteiger partial charge in [0.2, 0.25) is 0 Å². The van der Waals surface area contributed by atoms with Crippen molar-refractivity contribution in [1.82, 2.24) is 4.90 Å². The van der Waals surface area contributed by atoms with Crippen LogP contribution in [0.4, 0.5) is 14.9 Å². The molecule has 6 nitrogen and oxygen atoms in total. The van der Waals surface area contributed by atoms with Crippen molar-refractivity contribution in [3.8, 4) is 0 Å². The van der Waals surface area contributed by atoms with Gasteiger partial charge < -0.3 is 0 Å². The molecule has 0 saturated carbocycles. The summed E-state index contributed by atoms with van der Waals surface area (Å²) in [6.45, 7) is 2.74. The number of rotatable bonds is 4. The van der Waals surface area contributed by atoms with Crippen LogP contribution in [0.3, 0.4) is 0 Å². The highest BCUT2D eigenvalue weighted by molar-refractivity contribution is 6.34. The molecule has 0 radical (unpaired) electrons. The lowest BCUT2D eigenvalue weighted by molar-refractivity contribution is -0.145. The molecular formula is C16H15FN2O4. The van der Waals surface area contributed by atoms with Crippen molar-refractivity contribution in [2.75, 3.05) is 11.4 Å². The number of halogens is 1. The summed E-state index contributed by atoms with van der Waals surface area (Å²) in [6.07, 6.45) is 3.18. The maximum atomic E-state index is 13.4. The Kier molecular flexibility index (Phi) is 4.68. The Morgan fingerprint density at radius 2 is 1.96 bits per heavy atom. The van der Waals surface area contributed by atoms with Crippen LogP contribution in [-0.2, 0) is 14.4 Å². The number of carbonyl (C=O) groups is 4. The minimum Gasteiger partial charge on any atom is -0.299 e. The highest BCUT2D eigenvalue weighted by Crippen LogP contribution is 2.26. The number of barbiturate groups is 1. The van der Waals surface area contributed by atoms with Crippen LogP contribution in [0.5, 0.6) is 0 Å². The highest BCUT2D eigenvalue weighted by atomic mass is 19.1. The zero-order valence-corrected chi connectivity index (χ0v) is 12.7. The second-order valence-corrected chi connectivity index (χ2v) is 5.00. The summed E-state index contributed by atoms with van der Waals surface area (Å²) in [7, 11) is 0. The third kappa shape index (κ3) is 3.03. The first-order valence-electron chi connectivity index (χ1n) is 6.95. The molecule has 1 aliphatic rings. The Hall–Kier alpha value is -2.83. The number of carbonyl (C=O) groups excluding carboxylic acids is 4. The van der Waals surface area contributed by atoms with Crippen molar-refractivity contribution in [3.05, 3.63) is 42.2 Å². The molecule has 1 aromatic rings. The lowest BCUT2D eigenvalue weighted by Crippen LogP contribution is -2.61. The van der Waals surface area contributed by atoms with E-state index in [0.717, 1.165) is 24.0 Å². The molecule has 2 rings (SSSR count). The standard InChI is InChI=1S/C16H15FN2O4/c1-3-4-8-18-14(21)13(10(2)20)15(22)19(16(18)23)12-7-5-6-11(17)9-12/h3-7,9,13H,8H2,1-2H3. The molecule has 0 aromatic heterocycles. The van der Waals surface area contributed by atoms with E-state index in [1.165, 1.54) is 12.1 Å². The van der Waals surface area contributed by atoms with Crippen LogP contribution < -0.4 is 4.90 Å². The molecule has 1 aliphatic heterocycles. The molecule has 0 spiro atoms. The van der Waals surface area contributed by atoms with Gasteiger partial charge in [0.15, 0.2) is 11.7 Å². The van der Waals surface area contributed by atoms with Crippen molar-refractivity contribution in [3.63, 3.8) is 0 Å². The quantitative estimate of drug-likeness (QED) is 0.628. The Labute approximate surface area is 132 Å². The first kappa shape index (κ1) is 16.5. The first-order valence-corrected chi connectivity index (χ1v) is 6.95. The van der Waals surface area contributed by atoms with Gasteiger partial charge in [0, 0.05) is 6.54 Å². The molecule has 1 atom stereocenters. The van der Waals surface area contributed by atoms with E-state index in [2.05, 4.69) is 0 Å². The van der Waals surface area contributed by atoms with Crippen molar-refractivity contribution in [1.29, 1.82) is 0 Å². The first-order chi connectivity index (χ1) is 10.9. The zero-order chi connectivity index (χ0) is 17.1. The SMILES string of the molecule is CC=CCN1C(=O)C(C(C)=O)C(=O)N(c2cccc(F)c2)C1=O. The van der Waals surface area contributed by atoms with E-state index in [1.54, 1.807) is 19.1 Å². The van der Waals surface area contributed by atoms with Crippen molar-refractivity contribution in [2.24, 2.45) is 5.92 Å². The van der Waals surface area contributed by atoms with E-state index in [0.29, 0.717) is 4.90 Å². The summed E-state index contributed by atoms with van der Waals surface area (Å²) in [5, 5.41) is 0. The lowest BCUT2D eigenvalue weighted by Gasteiger charge is -2.35. The Morgan fingerprint density at radius 3 is 2.52 bits per heavy atom. The van der Waals surface area contributed by atoms with Gasteiger partial charge in [-0.15, -0.1) is 0 Å². The molecule has 1 aromatic carbocycles. The normalized spacial score (nSPS) is 18.9. The highest BCUT2D eigenvalue weighted by Gasteiger charge is 2.48. The molecule has 0 bridgehead atoms. The molecule has 1 unspecified atom stereocenters. The third-order valence-corrected chi connectivity index (χ3v) is 3.40. The number of hydrogen-bond acceptors (Lipinski definition) is 4. The topological polar surface area (TPSA) is 74.8 Å². The fraction of sp³-hybridized carbons (Fsp3) is 0.250. The summed E-state index contributed by atoms with van der Waals surface area (Å²) in [6, 6.07) is 3.95. The van der Waals surface area contributed by atoms with Gasteiger partial charge in [0.1, 0.15) is 5.82 Å². The average molecular weight is 318 g/mol. The Morgan fingerprint density at radius 1 is 1.26 bits per heavy atom. The van der Waals surface area contributed by atoms with Gasteiger partial charge in [-0.3, -0.25) is 19.3 Å². The predicted molar refractivity (Wildman–Crippen MR) is 80.0 cm³/mol. The van der Waals surface area contributed by atoms with Crippen LogP contribution in [0.2, 0.25) is 0 Å². The van der Waals surface area contributed by atoms with Crippen LogP contribution in [0.25, 0.3) is 0 Å². The van der Waals surface area contributed by atoms with Crippen molar-refractivity contribution in [2.45, 2.75) is 13.8 Å². The van der Waals surface area contributed by atoms with E-state index in [-0.39, 0.29) is 12.2 Å². The Balaban J connectivity index is 2.51. The van der Waals surface area contributed by atoms with E-state index in [1.807, 2.05) is 0 Å². The molecule has 7 heteroatoms. The summed E-state index contributed by atoms with van der Waals surface area (Å²) < 4.78 is 13.4. The number of amides is 4. The van der Waals surface area contributed by atoms with Crippen molar-refractivity contribution >= 4 is 29.3 Å². The second kappa shape index (κ2) is 6.51. The maximum Gasteiger partial charge on any atom is 0.338 e. The molecular weight excluding hydrogens is 303 g/mol. The molecule has 0 N–H and O–H groups in total.